The van der Waals surface area contributed by atoms with Crippen LogP contribution >= 0.6 is 0 Å². The number of benzene rings is 1. The maximum atomic E-state index is 10.9. The van der Waals surface area contributed by atoms with Gasteiger partial charge >= 0.3 is 6.09 Å². The molecular formula is C11H14NO3. The summed E-state index contributed by atoms with van der Waals surface area (Å²) in [7, 11) is 3.01. The molecule has 0 aliphatic carbocycles. The number of carbonyl (C=O) groups is 1. The molecule has 0 fully saturated rings. The average Bonchev–Trinajstić information content (AvgIpc) is 2.17. The molecule has 4 nitrogen and oxygen atoms in total. The number of nitrogens with one attached hydrogen (secondary N) is 1. The molecule has 0 atom stereocenters. The number of hydrogen-bond acceptors (Lipinski definition) is 3. The summed E-state index contributed by atoms with van der Waals surface area (Å²) < 4.78 is 9.70. The Kier molecular flexibility index (Phi) is 3.97. The molecule has 1 N–H and O–H groups in total. The van der Waals surface area contributed by atoms with Crippen LogP contribution in [0.1, 0.15) is 13.8 Å². The molecule has 0 bridgehead atoms. The van der Waals surface area contributed by atoms with Gasteiger partial charge in [-0.05, 0) is 26.0 Å². The molecule has 1 aromatic rings. The molecule has 4 heteroatoms. The highest BCUT2D eigenvalue weighted by atomic mass is 16.5. The first-order valence-corrected chi connectivity index (χ1v) is 4.61. The molecule has 0 spiro atoms. The summed E-state index contributed by atoms with van der Waals surface area (Å²) in [6.07, 6.45) is -0.503. The van der Waals surface area contributed by atoms with Crippen LogP contribution in [0.25, 0.3) is 0 Å². The average molecular weight is 208 g/mol. The van der Waals surface area contributed by atoms with Crippen LogP contribution in [0.2, 0.25) is 0 Å². The van der Waals surface area contributed by atoms with Gasteiger partial charge in [0.1, 0.15) is 12.9 Å². The minimum Gasteiger partial charge on any atom is -0.491 e. The lowest BCUT2D eigenvalue weighted by molar-refractivity contribution is 0.199. The smallest absolute Gasteiger partial charge is 0.411 e. The molecule has 1 radical (unpaired) electrons. The van der Waals surface area contributed by atoms with E-state index in [0.717, 1.165) is 0 Å². The summed E-state index contributed by atoms with van der Waals surface area (Å²) in [4.78, 5) is 10.9. The van der Waals surface area contributed by atoms with Gasteiger partial charge in [0.15, 0.2) is 0 Å². The third-order valence-electron chi connectivity index (χ3n) is 1.58. The van der Waals surface area contributed by atoms with Crippen molar-refractivity contribution >= 4 is 11.8 Å². The molecule has 0 heterocycles. The van der Waals surface area contributed by atoms with Crippen LogP contribution in [-0.2, 0) is 4.74 Å². The second-order valence-corrected chi connectivity index (χ2v) is 3.25. The van der Waals surface area contributed by atoms with E-state index in [2.05, 4.69) is 17.2 Å². The quantitative estimate of drug-likeness (QED) is 0.830. The molecule has 15 heavy (non-hydrogen) atoms. The molecular weight excluding hydrogens is 194 g/mol. The lowest BCUT2D eigenvalue weighted by atomic mass is 10.3. The zero-order valence-corrected chi connectivity index (χ0v) is 8.82. The van der Waals surface area contributed by atoms with Gasteiger partial charge in [-0.3, -0.25) is 5.32 Å². The van der Waals surface area contributed by atoms with Crippen molar-refractivity contribution in [3.8, 4) is 5.75 Å². The van der Waals surface area contributed by atoms with E-state index in [1.165, 1.54) is 0 Å². The van der Waals surface area contributed by atoms with Crippen LogP contribution in [-0.4, -0.2) is 12.2 Å². The van der Waals surface area contributed by atoms with E-state index in [9.17, 15) is 4.79 Å². The Morgan fingerprint density at radius 1 is 1.47 bits per heavy atom. The van der Waals surface area contributed by atoms with Gasteiger partial charge < -0.3 is 9.47 Å². The fourth-order valence-corrected chi connectivity index (χ4v) is 1.07. The summed E-state index contributed by atoms with van der Waals surface area (Å²) in [6, 6.07) is 7.07. The fourth-order valence-electron chi connectivity index (χ4n) is 1.07. The Hall–Kier alpha value is -1.71. The lowest BCUT2D eigenvalue weighted by Gasteiger charge is -2.10. The fraction of sp³-hybridized carbons (Fsp3) is 0.273. The van der Waals surface area contributed by atoms with Crippen LogP contribution in [0, 0.1) is 7.11 Å². The highest BCUT2D eigenvalue weighted by molar-refractivity contribution is 5.84. The first kappa shape index (κ1) is 11.4. The van der Waals surface area contributed by atoms with Crippen molar-refractivity contribution in [3.63, 3.8) is 0 Å². The maximum absolute atomic E-state index is 10.9. The van der Waals surface area contributed by atoms with Crippen molar-refractivity contribution in [2.75, 3.05) is 5.32 Å². The van der Waals surface area contributed by atoms with E-state index < -0.39 is 6.09 Å². The molecule has 0 saturated carbocycles. The zero-order valence-electron chi connectivity index (χ0n) is 8.82. The van der Waals surface area contributed by atoms with Gasteiger partial charge in [0, 0.05) is 11.8 Å². The van der Waals surface area contributed by atoms with Crippen LogP contribution in [0.15, 0.2) is 24.3 Å². The Morgan fingerprint density at radius 2 is 2.20 bits per heavy atom. The molecule has 0 aromatic heterocycles. The van der Waals surface area contributed by atoms with Crippen molar-refractivity contribution in [2.45, 2.75) is 20.0 Å². The van der Waals surface area contributed by atoms with E-state index in [4.69, 9.17) is 4.74 Å². The Labute approximate surface area is 89.2 Å². The van der Waals surface area contributed by atoms with Gasteiger partial charge in [0.05, 0.1) is 6.10 Å². The number of amides is 1. The molecule has 1 rings (SSSR count). The SMILES string of the molecule is [CH2]OC(=O)Nc1cccc(OC(C)C)c1. The van der Waals surface area contributed by atoms with E-state index in [1.54, 1.807) is 18.2 Å². The number of ether oxygens (including phenoxy) is 2. The van der Waals surface area contributed by atoms with E-state index >= 15 is 0 Å². The van der Waals surface area contributed by atoms with Crippen LogP contribution in [0.3, 0.4) is 0 Å². The molecule has 0 aliphatic rings. The predicted molar refractivity (Wildman–Crippen MR) is 57.7 cm³/mol. The zero-order chi connectivity index (χ0) is 11.3. The van der Waals surface area contributed by atoms with Crippen molar-refractivity contribution in [3.05, 3.63) is 31.4 Å². The summed E-state index contributed by atoms with van der Waals surface area (Å²) in [5, 5.41) is 2.50. The Bertz CT molecular complexity index is 336. The largest absolute Gasteiger partial charge is 0.491 e. The topological polar surface area (TPSA) is 47.6 Å². The van der Waals surface area contributed by atoms with Crippen molar-refractivity contribution in [1.29, 1.82) is 0 Å². The van der Waals surface area contributed by atoms with Gasteiger partial charge in [0.25, 0.3) is 0 Å². The highest BCUT2D eigenvalue weighted by Crippen LogP contribution is 2.18. The monoisotopic (exact) mass is 208 g/mol. The third kappa shape index (κ3) is 3.89. The first-order chi connectivity index (χ1) is 7.11. The number of carbonyl (C=O) groups excluding carboxylic acids is 1. The highest BCUT2D eigenvalue weighted by Gasteiger charge is 2.02. The van der Waals surface area contributed by atoms with Gasteiger partial charge in [0.2, 0.25) is 0 Å². The normalized spacial score (nSPS) is 9.87. The van der Waals surface area contributed by atoms with Crippen molar-refractivity contribution < 1.29 is 14.3 Å². The molecule has 1 aromatic carbocycles. The summed E-state index contributed by atoms with van der Waals surface area (Å²) in [6.45, 7) is 3.87. The second kappa shape index (κ2) is 5.24. The van der Waals surface area contributed by atoms with Gasteiger partial charge in [-0.25, -0.2) is 4.79 Å². The van der Waals surface area contributed by atoms with Crippen LogP contribution in [0.5, 0.6) is 5.75 Å². The van der Waals surface area contributed by atoms with Crippen molar-refractivity contribution in [2.24, 2.45) is 0 Å². The second-order valence-electron chi connectivity index (χ2n) is 3.25. The van der Waals surface area contributed by atoms with E-state index in [1.807, 2.05) is 19.9 Å². The molecule has 0 unspecified atom stereocenters. The minimum atomic E-state index is -0.600. The number of anilines is 1. The van der Waals surface area contributed by atoms with Gasteiger partial charge in [-0.15, -0.1) is 0 Å². The maximum Gasteiger partial charge on any atom is 0.411 e. The standard InChI is InChI=1S/C11H14NO3/c1-8(2)15-10-6-4-5-9(7-10)12-11(13)14-3/h4-8H,3H2,1-2H3,(H,12,13). The molecule has 1 amide bonds. The molecule has 81 valence electrons. The predicted octanol–water partition coefficient (Wildman–Crippen LogP) is 2.81. The number of rotatable bonds is 3. The van der Waals surface area contributed by atoms with Gasteiger partial charge in [-0.2, -0.15) is 0 Å². The first-order valence-electron chi connectivity index (χ1n) is 4.61. The lowest BCUT2D eigenvalue weighted by Crippen LogP contribution is -2.10. The molecule has 0 saturated heterocycles. The summed E-state index contributed by atoms with van der Waals surface area (Å²) in [5.74, 6) is 0.701. The van der Waals surface area contributed by atoms with Crippen LogP contribution < -0.4 is 10.1 Å². The summed E-state index contributed by atoms with van der Waals surface area (Å²) >= 11 is 0. The Balaban J connectivity index is 2.69. The third-order valence-corrected chi connectivity index (χ3v) is 1.58. The van der Waals surface area contributed by atoms with E-state index in [0.29, 0.717) is 11.4 Å². The van der Waals surface area contributed by atoms with Gasteiger partial charge in [-0.1, -0.05) is 6.07 Å². The van der Waals surface area contributed by atoms with Crippen molar-refractivity contribution in [1.82, 2.24) is 0 Å². The minimum absolute atomic E-state index is 0.0973. The summed E-state index contributed by atoms with van der Waals surface area (Å²) in [5.41, 5.74) is 0.613. The van der Waals surface area contributed by atoms with Crippen LogP contribution in [0.4, 0.5) is 10.5 Å². The molecule has 0 aliphatic heterocycles. The van der Waals surface area contributed by atoms with E-state index in [-0.39, 0.29) is 6.10 Å². The number of hydrogen-bond donors (Lipinski definition) is 1. The Morgan fingerprint density at radius 3 is 2.80 bits per heavy atom.